The number of hydrogen-bond acceptors (Lipinski definition) is 3. The highest BCUT2D eigenvalue weighted by Gasteiger charge is 2.36. The van der Waals surface area contributed by atoms with E-state index in [1.165, 1.54) is 25.7 Å². The summed E-state index contributed by atoms with van der Waals surface area (Å²) >= 11 is 0. The van der Waals surface area contributed by atoms with Crippen molar-refractivity contribution in [3.63, 3.8) is 0 Å². The Balaban J connectivity index is 1.94. The summed E-state index contributed by atoms with van der Waals surface area (Å²) in [6.07, 6.45) is 9.33. The Bertz CT molecular complexity index is 256. The van der Waals surface area contributed by atoms with Gasteiger partial charge in [0.2, 0.25) is 0 Å². The number of hydrogen-bond donors (Lipinski definition) is 0. The van der Waals surface area contributed by atoms with Crippen LogP contribution in [0.15, 0.2) is 0 Å². The van der Waals surface area contributed by atoms with Crippen molar-refractivity contribution in [1.82, 2.24) is 0 Å². The molecular formula is C13H25O3P. The van der Waals surface area contributed by atoms with Gasteiger partial charge in [-0.3, -0.25) is 4.57 Å². The Hall–Kier alpha value is 0.150. The van der Waals surface area contributed by atoms with Gasteiger partial charge in [-0.15, -0.1) is 0 Å². The molecule has 0 atom stereocenters. The summed E-state index contributed by atoms with van der Waals surface area (Å²) in [4.78, 5) is 0. The van der Waals surface area contributed by atoms with Crippen LogP contribution >= 0.6 is 7.60 Å². The van der Waals surface area contributed by atoms with Crippen molar-refractivity contribution in [2.24, 2.45) is 0 Å². The molecule has 0 heterocycles. The van der Waals surface area contributed by atoms with E-state index >= 15 is 0 Å². The molecule has 100 valence electrons. The highest BCUT2D eigenvalue weighted by molar-refractivity contribution is 7.54. The third kappa shape index (κ3) is 3.56. The molecule has 2 aliphatic rings. The molecule has 0 aliphatic heterocycles. The van der Waals surface area contributed by atoms with E-state index < -0.39 is 7.60 Å². The molecule has 0 aromatic rings. The lowest BCUT2D eigenvalue weighted by Gasteiger charge is -2.27. The molecule has 0 radical (unpaired) electrons. The first-order chi connectivity index (χ1) is 8.10. The second-order valence-corrected chi connectivity index (χ2v) is 8.19. The molecular weight excluding hydrogens is 235 g/mol. The average Bonchev–Trinajstić information content (AvgIpc) is 2.90. The SMILES string of the molecule is CC(C)P(=O)(OC1CCCC1)OC1CCCC1. The fraction of sp³-hybridized carbons (Fsp3) is 1.00. The van der Waals surface area contributed by atoms with E-state index in [0.29, 0.717) is 0 Å². The van der Waals surface area contributed by atoms with Gasteiger partial charge in [-0.05, 0) is 25.7 Å². The van der Waals surface area contributed by atoms with Gasteiger partial charge < -0.3 is 9.05 Å². The molecule has 0 unspecified atom stereocenters. The molecule has 2 aliphatic carbocycles. The summed E-state index contributed by atoms with van der Waals surface area (Å²) in [6.45, 7) is 3.90. The lowest BCUT2D eigenvalue weighted by Crippen LogP contribution is -2.17. The van der Waals surface area contributed by atoms with Crippen LogP contribution in [0.3, 0.4) is 0 Å². The lowest BCUT2D eigenvalue weighted by molar-refractivity contribution is 0.114. The molecule has 0 aromatic carbocycles. The normalized spacial score (nSPS) is 23.9. The molecule has 0 amide bonds. The Morgan fingerprint density at radius 3 is 1.53 bits per heavy atom. The minimum absolute atomic E-state index is 0.0244. The zero-order chi connectivity index (χ0) is 12.3. The third-order valence-electron chi connectivity index (χ3n) is 3.83. The fourth-order valence-corrected chi connectivity index (χ4v) is 4.46. The van der Waals surface area contributed by atoms with Crippen molar-refractivity contribution < 1.29 is 13.6 Å². The fourth-order valence-electron chi connectivity index (χ4n) is 2.67. The molecule has 3 nitrogen and oxygen atoms in total. The summed E-state index contributed by atoms with van der Waals surface area (Å²) in [7, 11) is -2.89. The molecule has 2 rings (SSSR count). The van der Waals surface area contributed by atoms with Gasteiger partial charge in [0.05, 0.1) is 17.9 Å². The van der Waals surface area contributed by atoms with Crippen molar-refractivity contribution in [2.45, 2.75) is 83.1 Å². The maximum absolute atomic E-state index is 12.8. The molecule has 0 N–H and O–H groups in total. The lowest BCUT2D eigenvalue weighted by atomic mass is 10.3. The Morgan fingerprint density at radius 1 is 0.882 bits per heavy atom. The van der Waals surface area contributed by atoms with Crippen LogP contribution in [0.25, 0.3) is 0 Å². The largest absolute Gasteiger partial charge is 0.333 e. The second-order valence-electron chi connectivity index (χ2n) is 5.66. The van der Waals surface area contributed by atoms with Crippen molar-refractivity contribution in [3.8, 4) is 0 Å². The van der Waals surface area contributed by atoms with E-state index in [1.807, 2.05) is 13.8 Å². The van der Waals surface area contributed by atoms with Crippen LogP contribution in [0.1, 0.15) is 65.2 Å². The molecule has 2 saturated carbocycles. The van der Waals surface area contributed by atoms with Crippen LogP contribution in [-0.2, 0) is 13.6 Å². The maximum Gasteiger partial charge on any atom is 0.333 e. The summed E-state index contributed by atoms with van der Waals surface area (Å²) in [5.74, 6) is 0. The topological polar surface area (TPSA) is 35.5 Å². The van der Waals surface area contributed by atoms with Gasteiger partial charge in [0.25, 0.3) is 0 Å². The zero-order valence-electron chi connectivity index (χ0n) is 11.1. The van der Waals surface area contributed by atoms with E-state index in [-0.39, 0.29) is 17.9 Å². The van der Waals surface area contributed by atoms with Gasteiger partial charge in [0, 0.05) is 0 Å². The average molecular weight is 260 g/mol. The Kier molecular flexibility index (Phi) is 4.68. The first kappa shape index (κ1) is 13.6. The predicted molar refractivity (Wildman–Crippen MR) is 69.4 cm³/mol. The molecule has 2 fully saturated rings. The van der Waals surface area contributed by atoms with Gasteiger partial charge in [0.1, 0.15) is 0 Å². The zero-order valence-corrected chi connectivity index (χ0v) is 12.0. The van der Waals surface area contributed by atoms with Crippen LogP contribution in [-0.4, -0.2) is 17.9 Å². The van der Waals surface area contributed by atoms with Gasteiger partial charge in [-0.2, -0.15) is 0 Å². The van der Waals surface area contributed by atoms with Crippen LogP contribution < -0.4 is 0 Å². The third-order valence-corrected chi connectivity index (χ3v) is 6.28. The second kappa shape index (κ2) is 5.86. The Labute approximate surface area is 105 Å². The van der Waals surface area contributed by atoms with Crippen molar-refractivity contribution >= 4 is 7.60 Å². The highest BCUT2D eigenvalue weighted by atomic mass is 31.2. The summed E-state index contributed by atoms with van der Waals surface area (Å²) in [6, 6.07) is 0. The first-order valence-electron chi connectivity index (χ1n) is 7.07. The first-order valence-corrected chi connectivity index (χ1v) is 8.68. The molecule has 0 aromatic heterocycles. The predicted octanol–water partition coefficient (Wildman–Crippen LogP) is 4.51. The molecule has 0 bridgehead atoms. The molecule has 0 saturated heterocycles. The molecule has 17 heavy (non-hydrogen) atoms. The Morgan fingerprint density at radius 2 is 1.24 bits per heavy atom. The summed E-state index contributed by atoms with van der Waals surface area (Å²) in [5.41, 5.74) is -0.0244. The van der Waals surface area contributed by atoms with Gasteiger partial charge in [-0.1, -0.05) is 39.5 Å². The van der Waals surface area contributed by atoms with Crippen LogP contribution in [0, 0.1) is 0 Å². The van der Waals surface area contributed by atoms with E-state index in [4.69, 9.17) is 9.05 Å². The number of rotatable bonds is 5. The summed E-state index contributed by atoms with van der Waals surface area (Å²) in [5, 5.41) is 0. The monoisotopic (exact) mass is 260 g/mol. The summed E-state index contributed by atoms with van der Waals surface area (Å²) < 4.78 is 24.5. The van der Waals surface area contributed by atoms with Gasteiger partial charge in [-0.25, -0.2) is 0 Å². The highest BCUT2D eigenvalue weighted by Crippen LogP contribution is 2.57. The van der Waals surface area contributed by atoms with E-state index in [2.05, 4.69) is 0 Å². The standard InChI is InChI=1S/C13H25O3P/c1-11(2)17(14,15-12-7-3-4-8-12)16-13-9-5-6-10-13/h11-13H,3-10H2,1-2H3. The van der Waals surface area contributed by atoms with E-state index in [9.17, 15) is 4.57 Å². The maximum atomic E-state index is 12.8. The van der Waals surface area contributed by atoms with Crippen LogP contribution in [0.4, 0.5) is 0 Å². The van der Waals surface area contributed by atoms with Crippen molar-refractivity contribution in [1.29, 1.82) is 0 Å². The van der Waals surface area contributed by atoms with E-state index in [1.54, 1.807) is 0 Å². The molecule has 0 spiro atoms. The quantitative estimate of drug-likeness (QED) is 0.682. The molecule has 4 heteroatoms. The van der Waals surface area contributed by atoms with Crippen molar-refractivity contribution in [2.75, 3.05) is 0 Å². The van der Waals surface area contributed by atoms with Gasteiger partial charge in [0.15, 0.2) is 0 Å². The minimum atomic E-state index is -2.89. The van der Waals surface area contributed by atoms with Crippen LogP contribution in [0.2, 0.25) is 0 Å². The van der Waals surface area contributed by atoms with Crippen LogP contribution in [0.5, 0.6) is 0 Å². The smallest absolute Gasteiger partial charge is 0.305 e. The van der Waals surface area contributed by atoms with E-state index in [0.717, 1.165) is 25.7 Å². The van der Waals surface area contributed by atoms with Crippen molar-refractivity contribution in [3.05, 3.63) is 0 Å². The minimum Gasteiger partial charge on any atom is -0.305 e. The van der Waals surface area contributed by atoms with Gasteiger partial charge >= 0.3 is 7.60 Å².